The summed E-state index contributed by atoms with van der Waals surface area (Å²) >= 11 is 0. The van der Waals surface area contributed by atoms with Gasteiger partial charge in [0.1, 0.15) is 12.2 Å². The molecule has 0 saturated carbocycles. The van der Waals surface area contributed by atoms with Gasteiger partial charge in [-0.1, -0.05) is 26.0 Å². The summed E-state index contributed by atoms with van der Waals surface area (Å²) in [5.41, 5.74) is 0. The number of Topliss-reactive ketones (excluding diaryl/α,β-unsaturated/α-hetero) is 1. The summed E-state index contributed by atoms with van der Waals surface area (Å²) in [7, 11) is 0. The predicted octanol–water partition coefficient (Wildman–Crippen LogP) is 0.572. The zero-order valence-electron chi connectivity index (χ0n) is 18.1. The molecule has 0 aliphatic carbocycles. The quantitative estimate of drug-likeness (QED) is 0.239. The van der Waals surface area contributed by atoms with E-state index in [1.807, 2.05) is 6.08 Å². The molecule has 1 aliphatic heterocycles. The fourth-order valence-electron chi connectivity index (χ4n) is 2.71. The third-order valence-corrected chi connectivity index (χ3v) is 4.32. The molecule has 3 N–H and O–H groups in total. The summed E-state index contributed by atoms with van der Waals surface area (Å²) < 4.78 is 21.5. The van der Waals surface area contributed by atoms with Crippen molar-refractivity contribution in [3.05, 3.63) is 12.2 Å². The molecule has 9 heteroatoms. The molecule has 1 aliphatic rings. The van der Waals surface area contributed by atoms with Crippen molar-refractivity contribution in [3.8, 4) is 0 Å². The van der Waals surface area contributed by atoms with E-state index in [2.05, 4.69) is 25.2 Å². The van der Waals surface area contributed by atoms with Crippen molar-refractivity contribution in [2.45, 2.75) is 58.0 Å². The molecule has 0 aromatic heterocycles. The molecule has 1 heterocycles. The van der Waals surface area contributed by atoms with Crippen molar-refractivity contribution in [2.24, 2.45) is 5.92 Å². The van der Waals surface area contributed by atoms with Crippen LogP contribution in [-0.4, -0.2) is 86.6 Å². The second-order valence-electron chi connectivity index (χ2n) is 7.43. The van der Waals surface area contributed by atoms with E-state index in [0.29, 0.717) is 64.8 Å². The number of unbranched alkanes of at least 4 members (excludes halogenated alkanes) is 1. The second kappa shape index (κ2) is 16.3. The number of ether oxygens (including phenoxy) is 4. The van der Waals surface area contributed by atoms with Gasteiger partial charge in [-0.15, -0.1) is 0 Å². The van der Waals surface area contributed by atoms with Crippen LogP contribution >= 0.6 is 0 Å². The van der Waals surface area contributed by atoms with Crippen LogP contribution in [0.25, 0.3) is 0 Å². The van der Waals surface area contributed by atoms with Crippen molar-refractivity contribution in [1.82, 2.24) is 5.32 Å². The van der Waals surface area contributed by atoms with Gasteiger partial charge in [-0.2, -0.15) is 0 Å². The Hall–Kier alpha value is -1.36. The van der Waals surface area contributed by atoms with Crippen molar-refractivity contribution < 1.29 is 38.7 Å². The average molecular weight is 432 g/mol. The van der Waals surface area contributed by atoms with E-state index in [-0.39, 0.29) is 12.3 Å². The molecule has 0 spiro atoms. The maximum atomic E-state index is 11.8. The molecule has 3 unspecified atom stereocenters. The Morgan fingerprint density at radius 1 is 1.23 bits per heavy atom. The molecular formula is C21H37NO8. The van der Waals surface area contributed by atoms with E-state index >= 15 is 0 Å². The maximum Gasteiger partial charge on any atom is 0.220 e. The van der Waals surface area contributed by atoms with Gasteiger partial charge in [-0.25, -0.2) is 0 Å². The topological polar surface area (TPSA) is 124 Å². The van der Waals surface area contributed by atoms with E-state index in [1.165, 1.54) is 0 Å². The lowest BCUT2D eigenvalue weighted by atomic mass is 10.0. The molecular weight excluding hydrogens is 394 g/mol. The number of rotatable bonds is 16. The standard InChI is InChI=1S/C21H37NO8/c1-16(2)6-5-9-27-12-13-28-11-8-22-19(25)7-3-4-10-29-20-14-17(24)21(26)18(15-23)30-20/h5-6,16-18,20,23-24H,3-4,7-15H2,1-2H3,(H,22,25)/b6-5+. The molecule has 174 valence electrons. The van der Waals surface area contributed by atoms with Crippen LogP contribution in [0, 0.1) is 5.92 Å². The van der Waals surface area contributed by atoms with Crippen LogP contribution in [0.4, 0.5) is 0 Å². The van der Waals surface area contributed by atoms with Crippen LogP contribution in [0.5, 0.6) is 0 Å². The minimum atomic E-state index is -1.18. The molecule has 1 fully saturated rings. The van der Waals surface area contributed by atoms with E-state index < -0.39 is 30.9 Å². The molecule has 0 aromatic rings. The zero-order chi connectivity index (χ0) is 22.2. The number of nitrogens with one attached hydrogen (secondary N) is 1. The van der Waals surface area contributed by atoms with E-state index in [9.17, 15) is 14.7 Å². The van der Waals surface area contributed by atoms with Crippen molar-refractivity contribution in [1.29, 1.82) is 0 Å². The molecule has 3 atom stereocenters. The van der Waals surface area contributed by atoms with Crippen molar-refractivity contribution in [2.75, 3.05) is 46.2 Å². The van der Waals surface area contributed by atoms with Crippen LogP contribution in [-0.2, 0) is 28.5 Å². The van der Waals surface area contributed by atoms with Gasteiger partial charge in [0.25, 0.3) is 0 Å². The van der Waals surface area contributed by atoms with Gasteiger partial charge in [0, 0.05) is 26.0 Å². The van der Waals surface area contributed by atoms with Crippen molar-refractivity contribution >= 4 is 11.7 Å². The Balaban J connectivity index is 1.92. The highest BCUT2D eigenvalue weighted by Crippen LogP contribution is 2.18. The first-order valence-corrected chi connectivity index (χ1v) is 10.6. The Morgan fingerprint density at radius 2 is 2.00 bits per heavy atom. The molecule has 9 nitrogen and oxygen atoms in total. The van der Waals surface area contributed by atoms with Crippen LogP contribution in [0.3, 0.4) is 0 Å². The van der Waals surface area contributed by atoms with E-state index in [1.54, 1.807) is 0 Å². The number of allylic oxidation sites excluding steroid dienone is 1. The summed E-state index contributed by atoms with van der Waals surface area (Å²) in [6.45, 7) is 6.55. The number of carbonyl (C=O) groups excluding carboxylic acids is 2. The third kappa shape index (κ3) is 12.4. The maximum absolute atomic E-state index is 11.8. The second-order valence-corrected chi connectivity index (χ2v) is 7.43. The molecule has 0 bridgehead atoms. The van der Waals surface area contributed by atoms with Crippen LogP contribution < -0.4 is 5.32 Å². The van der Waals surface area contributed by atoms with Gasteiger partial charge in [0.15, 0.2) is 12.1 Å². The zero-order valence-corrected chi connectivity index (χ0v) is 18.1. The summed E-state index contributed by atoms with van der Waals surface area (Å²) in [5.74, 6) is -0.0549. The first kappa shape index (κ1) is 26.7. The van der Waals surface area contributed by atoms with Gasteiger partial charge < -0.3 is 34.5 Å². The molecule has 30 heavy (non-hydrogen) atoms. The Morgan fingerprint density at radius 3 is 2.73 bits per heavy atom. The molecule has 0 aromatic carbocycles. The van der Waals surface area contributed by atoms with Crippen LogP contribution in [0.15, 0.2) is 12.2 Å². The lowest BCUT2D eigenvalue weighted by molar-refractivity contribution is -0.216. The van der Waals surface area contributed by atoms with Gasteiger partial charge >= 0.3 is 0 Å². The molecule has 0 radical (unpaired) electrons. The largest absolute Gasteiger partial charge is 0.393 e. The number of hydrogen-bond donors (Lipinski definition) is 3. The number of ketones is 1. The number of aliphatic hydroxyl groups is 2. The first-order chi connectivity index (χ1) is 14.4. The van der Waals surface area contributed by atoms with Crippen molar-refractivity contribution in [3.63, 3.8) is 0 Å². The first-order valence-electron chi connectivity index (χ1n) is 10.6. The lowest BCUT2D eigenvalue weighted by Gasteiger charge is -2.30. The summed E-state index contributed by atoms with van der Waals surface area (Å²) in [4.78, 5) is 23.3. The minimum Gasteiger partial charge on any atom is -0.393 e. The SMILES string of the molecule is CC(C)/C=C/COCCOCCNC(=O)CCCCOC1CC(O)C(=O)C(CO)O1. The van der Waals surface area contributed by atoms with Gasteiger partial charge in [-0.05, 0) is 18.8 Å². The number of aliphatic hydroxyl groups excluding tert-OH is 2. The Kier molecular flexibility index (Phi) is 14.5. The highest BCUT2D eigenvalue weighted by molar-refractivity contribution is 5.87. The smallest absolute Gasteiger partial charge is 0.220 e. The van der Waals surface area contributed by atoms with Crippen LogP contribution in [0.1, 0.15) is 39.5 Å². The monoisotopic (exact) mass is 431 g/mol. The van der Waals surface area contributed by atoms with Gasteiger partial charge in [0.2, 0.25) is 5.91 Å². The minimum absolute atomic E-state index is 0.0511. The summed E-state index contributed by atoms with van der Waals surface area (Å²) in [6.07, 6.45) is 2.84. The van der Waals surface area contributed by atoms with Gasteiger partial charge in [-0.3, -0.25) is 9.59 Å². The van der Waals surface area contributed by atoms with Gasteiger partial charge in [0.05, 0.1) is 33.0 Å². The normalized spacial score (nSPS) is 22.2. The van der Waals surface area contributed by atoms with E-state index in [0.717, 1.165) is 0 Å². The summed E-state index contributed by atoms with van der Waals surface area (Å²) in [6, 6.07) is 0. The fraction of sp³-hybridized carbons (Fsp3) is 0.810. The third-order valence-electron chi connectivity index (χ3n) is 4.32. The Bertz CT molecular complexity index is 511. The average Bonchev–Trinajstić information content (AvgIpc) is 2.71. The van der Waals surface area contributed by atoms with Crippen LogP contribution in [0.2, 0.25) is 0 Å². The lowest BCUT2D eigenvalue weighted by Crippen LogP contribution is -2.47. The Labute approximate surface area is 178 Å². The molecule has 1 saturated heterocycles. The van der Waals surface area contributed by atoms with E-state index in [4.69, 9.17) is 24.1 Å². The number of amides is 1. The highest BCUT2D eigenvalue weighted by atomic mass is 16.7. The number of carbonyl (C=O) groups is 2. The number of hydrogen-bond acceptors (Lipinski definition) is 8. The fourth-order valence-corrected chi connectivity index (χ4v) is 2.71. The summed E-state index contributed by atoms with van der Waals surface area (Å²) in [5, 5.41) is 21.5. The highest BCUT2D eigenvalue weighted by Gasteiger charge is 2.36. The molecule has 1 rings (SSSR count). The predicted molar refractivity (Wildman–Crippen MR) is 110 cm³/mol. The molecule has 1 amide bonds.